The number of carboxylic acids is 1. The van der Waals surface area contributed by atoms with Crippen LogP contribution in [0.4, 0.5) is 10.5 Å². The molecule has 0 aliphatic rings. The van der Waals surface area contributed by atoms with Gasteiger partial charge in [-0.3, -0.25) is 0 Å². The minimum Gasteiger partial charge on any atom is -0.480 e. The number of thioether (sulfide) groups is 1. The number of urea groups is 1. The first-order valence-electron chi connectivity index (χ1n) is 6.36. The van der Waals surface area contributed by atoms with Gasteiger partial charge in [-0.15, -0.1) is 11.8 Å². The summed E-state index contributed by atoms with van der Waals surface area (Å²) in [5, 5.41) is 14.2. The summed E-state index contributed by atoms with van der Waals surface area (Å²) in [6, 6.07) is 5.97. The molecule has 6 heteroatoms. The minimum absolute atomic E-state index is 0.192. The minimum atomic E-state index is -1.02. The van der Waals surface area contributed by atoms with Crippen molar-refractivity contribution in [2.24, 2.45) is 5.92 Å². The average Bonchev–Trinajstić information content (AvgIpc) is 2.38. The third-order valence-corrected chi connectivity index (χ3v) is 3.40. The number of anilines is 1. The Morgan fingerprint density at radius 3 is 2.30 bits per heavy atom. The molecule has 0 aromatic heterocycles. The molecule has 0 saturated heterocycles. The summed E-state index contributed by atoms with van der Waals surface area (Å²) in [5.74, 6) is -0.830. The second-order valence-corrected chi connectivity index (χ2v) is 5.73. The Kier molecular flexibility index (Phi) is 6.38. The molecule has 0 aliphatic carbocycles. The van der Waals surface area contributed by atoms with E-state index >= 15 is 0 Å². The van der Waals surface area contributed by atoms with Crippen LogP contribution >= 0.6 is 11.8 Å². The number of aliphatic carboxylic acids is 1. The van der Waals surface area contributed by atoms with Crippen LogP contribution in [0.3, 0.4) is 0 Å². The molecular weight excluding hydrogens is 276 g/mol. The number of amides is 2. The van der Waals surface area contributed by atoms with Crippen molar-refractivity contribution >= 4 is 29.4 Å². The molecule has 1 atom stereocenters. The van der Waals surface area contributed by atoms with Gasteiger partial charge in [0.25, 0.3) is 0 Å². The largest absolute Gasteiger partial charge is 0.480 e. The van der Waals surface area contributed by atoms with Crippen LogP contribution < -0.4 is 10.6 Å². The van der Waals surface area contributed by atoms with Crippen LogP contribution in [-0.4, -0.2) is 29.4 Å². The molecule has 0 saturated carbocycles. The van der Waals surface area contributed by atoms with E-state index in [0.29, 0.717) is 12.1 Å². The topological polar surface area (TPSA) is 78.4 Å². The lowest BCUT2D eigenvalue weighted by atomic mass is 10.0. The Bertz CT molecular complexity index is 460. The van der Waals surface area contributed by atoms with Crippen molar-refractivity contribution in [3.63, 3.8) is 0 Å². The van der Waals surface area contributed by atoms with Gasteiger partial charge in [-0.25, -0.2) is 9.59 Å². The third-order valence-electron chi connectivity index (χ3n) is 2.66. The SMILES string of the molecule is CSc1ccc(NC(=O)N[C@@H](CC(C)C)C(=O)O)cc1. The number of hydrogen-bond acceptors (Lipinski definition) is 3. The second kappa shape index (κ2) is 7.79. The molecule has 2 amide bonds. The van der Waals surface area contributed by atoms with E-state index < -0.39 is 18.0 Å². The normalized spacial score (nSPS) is 12.0. The summed E-state index contributed by atoms with van der Waals surface area (Å²) in [6.07, 6.45) is 2.37. The fourth-order valence-electron chi connectivity index (χ4n) is 1.69. The molecule has 0 radical (unpaired) electrons. The van der Waals surface area contributed by atoms with Gasteiger partial charge in [-0.1, -0.05) is 13.8 Å². The average molecular weight is 296 g/mol. The van der Waals surface area contributed by atoms with Crippen LogP contribution in [0.1, 0.15) is 20.3 Å². The fraction of sp³-hybridized carbons (Fsp3) is 0.429. The number of carbonyl (C=O) groups is 2. The lowest BCUT2D eigenvalue weighted by molar-refractivity contribution is -0.139. The molecule has 0 fully saturated rings. The van der Waals surface area contributed by atoms with Crippen molar-refractivity contribution < 1.29 is 14.7 Å². The molecule has 20 heavy (non-hydrogen) atoms. The quantitative estimate of drug-likeness (QED) is 0.705. The van der Waals surface area contributed by atoms with Gasteiger partial charge in [0.2, 0.25) is 0 Å². The predicted octanol–water partition coefficient (Wildman–Crippen LogP) is 3.03. The molecule has 5 nitrogen and oxygen atoms in total. The van der Waals surface area contributed by atoms with Gasteiger partial charge in [0.05, 0.1) is 0 Å². The van der Waals surface area contributed by atoms with E-state index in [-0.39, 0.29) is 5.92 Å². The molecule has 1 aromatic carbocycles. The molecule has 0 bridgehead atoms. The maximum Gasteiger partial charge on any atom is 0.326 e. The summed E-state index contributed by atoms with van der Waals surface area (Å²) < 4.78 is 0. The van der Waals surface area contributed by atoms with E-state index in [2.05, 4.69) is 10.6 Å². The molecule has 110 valence electrons. The highest BCUT2D eigenvalue weighted by atomic mass is 32.2. The van der Waals surface area contributed by atoms with Gasteiger partial charge in [-0.05, 0) is 42.9 Å². The Balaban J connectivity index is 2.58. The number of carbonyl (C=O) groups excluding carboxylic acids is 1. The predicted molar refractivity (Wildman–Crippen MR) is 81.3 cm³/mol. The van der Waals surface area contributed by atoms with Crippen LogP contribution in [0.5, 0.6) is 0 Å². The van der Waals surface area contributed by atoms with E-state index in [1.54, 1.807) is 23.9 Å². The van der Waals surface area contributed by atoms with Gasteiger partial charge < -0.3 is 15.7 Å². The molecule has 0 unspecified atom stereocenters. The van der Waals surface area contributed by atoms with Crippen LogP contribution in [-0.2, 0) is 4.79 Å². The monoisotopic (exact) mass is 296 g/mol. The van der Waals surface area contributed by atoms with Crippen LogP contribution in [0, 0.1) is 5.92 Å². The van der Waals surface area contributed by atoms with Crippen molar-refractivity contribution in [1.82, 2.24) is 5.32 Å². The Labute approximate surface area is 123 Å². The van der Waals surface area contributed by atoms with Crippen molar-refractivity contribution in [2.45, 2.75) is 31.2 Å². The van der Waals surface area contributed by atoms with Crippen molar-refractivity contribution in [1.29, 1.82) is 0 Å². The summed E-state index contributed by atoms with van der Waals surface area (Å²) in [4.78, 5) is 23.9. The first-order valence-corrected chi connectivity index (χ1v) is 7.59. The Morgan fingerprint density at radius 2 is 1.85 bits per heavy atom. The summed E-state index contributed by atoms with van der Waals surface area (Å²) in [6.45, 7) is 3.83. The first kappa shape index (κ1) is 16.4. The zero-order chi connectivity index (χ0) is 15.1. The van der Waals surface area contributed by atoms with Crippen molar-refractivity contribution in [3.8, 4) is 0 Å². The standard InChI is InChI=1S/C14H20N2O3S/c1-9(2)8-12(13(17)18)16-14(19)15-10-4-6-11(20-3)7-5-10/h4-7,9,12H,8H2,1-3H3,(H,17,18)(H2,15,16,19)/t12-/m0/s1. The summed E-state index contributed by atoms with van der Waals surface area (Å²) in [5.41, 5.74) is 0.633. The molecule has 1 aromatic rings. The highest BCUT2D eigenvalue weighted by Crippen LogP contribution is 2.17. The number of benzene rings is 1. The first-order chi connectivity index (χ1) is 9.42. The summed E-state index contributed by atoms with van der Waals surface area (Å²) >= 11 is 1.61. The lowest BCUT2D eigenvalue weighted by Crippen LogP contribution is -2.43. The van der Waals surface area contributed by atoms with Gasteiger partial charge in [0.1, 0.15) is 6.04 Å². The molecule has 1 rings (SSSR count). The maximum atomic E-state index is 11.8. The fourth-order valence-corrected chi connectivity index (χ4v) is 2.10. The van der Waals surface area contributed by atoms with Gasteiger partial charge in [0.15, 0.2) is 0 Å². The molecular formula is C14H20N2O3S. The van der Waals surface area contributed by atoms with Crippen molar-refractivity contribution in [3.05, 3.63) is 24.3 Å². The Morgan fingerprint density at radius 1 is 1.25 bits per heavy atom. The zero-order valence-electron chi connectivity index (χ0n) is 11.8. The van der Waals surface area contributed by atoms with Gasteiger partial charge in [0, 0.05) is 10.6 Å². The third kappa shape index (κ3) is 5.52. The number of rotatable bonds is 6. The highest BCUT2D eigenvalue weighted by molar-refractivity contribution is 7.98. The zero-order valence-corrected chi connectivity index (χ0v) is 12.7. The van der Waals surface area contributed by atoms with E-state index in [1.807, 2.05) is 32.2 Å². The number of hydrogen-bond donors (Lipinski definition) is 3. The Hall–Kier alpha value is -1.69. The smallest absolute Gasteiger partial charge is 0.326 e. The molecule has 0 heterocycles. The van der Waals surface area contributed by atoms with Crippen LogP contribution in [0.25, 0.3) is 0 Å². The highest BCUT2D eigenvalue weighted by Gasteiger charge is 2.20. The van der Waals surface area contributed by atoms with E-state index in [0.717, 1.165) is 4.90 Å². The number of nitrogens with one attached hydrogen (secondary N) is 2. The maximum absolute atomic E-state index is 11.8. The second-order valence-electron chi connectivity index (χ2n) is 4.85. The molecule has 0 aliphatic heterocycles. The van der Waals surface area contributed by atoms with Crippen LogP contribution in [0.2, 0.25) is 0 Å². The lowest BCUT2D eigenvalue weighted by Gasteiger charge is -2.17. The van der Waals surface area contributed by atoms with E-state index in [4.69, 9.17) is 5.11 Å². The molecule has 0 spiro atoms. The number of carboxylic acid groups (broad SMARTS) is 1. The summed E-state index contributed by atoms with van der Waals surface area (Å²) in [7, 11) is 0. The molecule has 3 N–H and O–H groups in total. The van der Waals surface area contributed by atoms with Gasteiger partial charge in [-0.2, -0.15) is 0 Å². The van der Waals surface area contributed by atoms with E-state index in [1.165, 1.54) is 0 Å². The van der Waals surface area contributed by atoms with Crippen molar-refractivity contribution in [2.75, 3.05) is 11.6 Å². The van der Waals surface area contributed by atoms with Crippen LogP contribution in [0.15, 0.2) is 29.2 Å². The van der Waals surface area contributed by atoms with E-state index in [9.17, 15) is 9.59 Å². The van der Waals surface area contributed by atoms with Gasteiger partial charge >= 0.3 is 12.0 Å².